The molecule has 0 saturated carbocycles. The Morgan fingerprint density at radius 2 is 1.91 bits per heavy atom. The van der Waals surface area contributed by atoms with Crippen molar-refractivity contribution in [2.45, 2.75) is 26.9 Å². The second-order valence-electron chi connectivity index (χ2n) is 5.87. The highest BCUT2D eigenvalue weighted by atomic mass is 32.2. The third-order valence-electron chi connectivity index (χ3n) is 3.26. The third-order valence-corrected chi connectivity index (χ3v) is 4.57. The van der Waals surface area contributed by atoms with E-state index in [9.17, 15) is 13.2 Å². The molecule has 1 aromatic rings. The highest BCUT2D eigenvalue weighted by molar-refractivity contribution is 7.89. The van der Waals surface area contributed by atoms with E-state index in [2.05, 4.69) is 4.72 Å². The van der Waals surface area contributed by atoms with E-state index in [1.165, 1.54) is 0 Å². The zero-order valence-electron chi connectivity index (χ0n) is 13.6. The van der Waals surface area contributed by atoms with Crippen LogP contribution in [-0.2, 0) is 26.2 Å². The van der Waals surface area contributed by atoms with Crippen LogP contribution in [0.25, 0.3) is 0 Å². The number of ether oxygens (including phenoxy) is 1. The fraction of sp³-hybridized carbons (Fsp3) is 0.562. The van der Waals surface area contributed by atoms with Crippen LogP contribution in [0.3, 0.4) is 0 Å². The maximum Gasteiger partial charge on any atom is 0.307 e. The number of carboxylic acid groups (broad SMARTS) is 1. The molecule has 0 bridgehead atoms. The molecule has 1 unspecified atom stereocenters. The van der Waals surface area contributed by atoms with E-state index < -0.39 is 21.9 Å². The van der Waals surface area contributed by atoms with E-state index >= 15 is 0 Å². The number of carboxylic acids is 1. The van der Waals surface area contributed by atoms with Crippen LogP contribution in [0.1, 0.15) is 25.8 Å². The Bertz CT molecular complexity index is 571. The van der Waals surface area contributed by atoms with Gasteiger partial charge in [0.05, 0.1) is 24.9 Å². The van der Waals surface area contributed by atoms with Gasteiger partial charge < -0.3 is 9.84 Å². The molecule has 7 heteroatoms. The Balaban J connectivity index is 2.33. The highest BCUT2D eigenvalue weighted by Gasteiger charge is 2.21. The summed E-state index contributed by atoms with van der Waals surface area (Å²) in [4.78, 5) is 11.1. The number of rotatable bonds is 11. The first-order valence-electron chi connectivity index (χ1n) is 7.62. The number of hydrogen-bond donors (Lipinski definition) is 2. The van der Waals surface area contributed by atoms with Gasteiger partial charge in [-0.1, -0.05) is 44.2 Å². The van der Waals surface area contributed by atoms with Crippen molar-refractivity contribution < 1.29 is 23.1 Å². The van der Waals surface area contributed by atoms with Gasteiger partial charge in [-0.2, -0.15) is 0 Å². The molecule has 0 fully saturated rings. The first-order chi connectivity index (χ1) is 10.8. The summed E-state index contributed by atoms with van der Waals surface area (Å²) in [7, 11) is -3.54. The lowest BCUT2D eigenvalue weighted by Crippen LogP contribution is -2.35. The van der Waals surface area contributed by atoms with Crippen molar-refractivity contribution in [1.82, 2.24) is 4.72 Å². The van der Waals surface area contributed by atoms with Gasteiger partial charge in [0, 0.05) is 6.54 Å². The predicted octanol–water partition coefficient (Wildman–Crippen LogP) is 1.87. The van der Waals surface area contributed by atoms with Gasteiger partial charge in [-0.15, -0.1) is 0 Å². The van der Waals surface area contributed by atoms with Gasteiger partial charge in [0.2, 0.25) is 10.0 Å². The zero-order chi connectivity index (χ0) is 17.3. The number of nitrogens with one attached hydrogen (secondary N) is 1. The van der Waals surface area contributed by atoms with Gasteiger partial charge in [-0.25, -0.2) is 13.1 Å². The molecule has 1 rings (SSSR count). The smallest absolute Gasteiger partial charge is 0.307 e. The fourth-order valence-corrected chi connectivity index (χ4v) is 3.01. The van der Waals surface area contributed by atoms with E-state index in [0.717, 1.165) is 5.56 Å². The number of benzene rings is 1. The molecule has 1 aromatic carbocycles. The first kappa shape index (κ1) is 19.6. The van der Waals surface area contributed by atoms with Crippen LogP contribution < -0.4 is 4.72 Å². The van der Waals surface area contributed by atoms with Gasteiger partial charge in [0.25, 0.3) is 0 Å². The van der Waals surface area contributed by atoms with Gasteiger partial charge in [-0.3, -0.25) is 4.79 Å². The zero-order valence-corrected chi connectivity index (χ0v) is 14.4. The van der Waals surface area contributed by atoms with Crippen molar-refractivity contribution in [3.05, 3.63) is 35.9 Å². The molecule has 0 radical (unpaired) electrons. The van der Waals surface area contributed by atoms with Crippen LogP contribution >= 0.6 is 0 Å². The normalized spacial score (nSPS) is 13.2. The van der Waals surface area contributed by atoms with Gasteiger partial charge >= 0.3 is 5.97 Å². The van der Waals surface area contributed by atoms with Crippen molar-refractivity contribution in [3.63, 3.8) is 0 Å². The number of hydrogen-bond acceptors (Lipinski definition) is 4. The summed E-state index contributed by atoms with van der Waals surface area (Å²) in [5.74, 6) is -1.69. The van der Waals surface area contributed by atoms with Gasteiger partial charge in [0.15, 0.2) is 0 Å². The molecule has 0 aliphatic rings. The molecule has 1 atom stereocenters. The van der Waals surface area contributed by atoms with Gasteiger partial charge in [0.1, 0.15) is 0 Å². The Labute approximate surface area is 137 Å². The van der Waals surface area contributed by atoms with E-state index in [1.54, 1.807) is 0 Å². The Kier molecular flexibility index (Phi) is 8.22. The van der Waals surface area contributed by atoms with Gasteiger partial charge in [-0.05, 0) is 17.9 Å². The SMILES string of the molecule is CC(C)CC(CNS(=O)(=O)CCOCc1ccccc1)C(=O)O. The second-order valence-corrected chi connectivity index (χ2v) is 7.80. The molecular weight excluding hydrogens is 318 g/mol. The quantitative estimate of drug-likeness (QED) is 0.598. The average Bonchev–Trinajstić information content (AvgIpc) is 2.48. The van der Waals surface area contributed by atoms with E-state index in [1.807, 2.05) is 44.2 Å². The molecule has 0 aliphatic heterocycles. The van der Waals surface area contributed by atoms with Crippen LogP contribution in [-0.4, -0.2) is 38.4 Å². The summed E-state index contributed by atoms with van der Waals surface area (Å²) in [6, 6.07) is 9.47. The number of aliphatic carboxylic acids is 1. The summed E-state index contributed by atoms with van der Waals surface area (Å²) in [5.41, 5.74) is 0.973. The van der Waals surface area contributed by atoms with E-state index in [4.69, 9.17) is 9.84 Å². The van der Waals surface area contributed by atoms with Crippen LogP contribution in [0.4, 0.5) is 0 Å². The monoisotopic (exact) mass is 343 g/mol. The van der Waals surface area contributed by atoms with Crippen LogP contribution in [0, 0.1) is 11.8 Å². The molecule has 0 spiro atoms. The number of carbonyl (C=O) groups is 1. The molecule has 130 valence electrons. The predicted molar refractivity (Wildman–Crippen MR) is 88.5 cm³/mol. The largest absolute Gasteiger partial charge is 0.481 e. The third kappa shape index (κ3) is 8.68. The molecule has 0 amide bonds. The van der Waals surface area contributed by atoms with Crippen LogP contribution in [0.5, 0.6) is 0 Å². The summed E-state index contributed by atoms with van der Waals surface area (Å²) in [6.45, 7) is 4.13. The number of sulfonamides is 1. The Hall–Kier alpha value is -1.44. The minimum atomic E-state index is -3.54. The summed E-state index contributed by atoms with van der Waals surface area (Å²) in [6.07, 6.45) is 0.433. The minimum absolute atomic E-state index is 0.0617. The van der Waals surface area contributed by atoms with Crippen LogP contribution in [0.15, 0.2) is 30.3 Å². The standard InChI is InChI=1S/C16H25NO5S/c1-13(2)10-15(16(18)19)11-17-23(20,21)9-8-22-12-14-6-4-3-5-7-14/h3-7,13,15,17H,8-12H2,1-2H3,(H,18,19). The van der Waals surface area contributed by atoms with E-state index in [-0.39, 0.29) is 24.8 Å². The Morgan fingerprint density at radius 3 is 2.48 bits per heavy atom. The Morgan fingerprint density at radius 1 is 1.26 bits per heavy atom. The van der Waals surface area contributed by atoms with Crippen molar-refractivity contribution in [2.24, 2.45) is 11.8 Å². The molecule has 0 heterocycles. The van der Waals surface area contributed by atoms with E-state index in [0.29, 0.717) is 13.0 Å². The topological polar surface area (TPSA) is 92.7 Å². The maximum atomic E-state index is 11.9. The molecule has 2 N–H and O–H groups in total. The first-order valence-corrected chi connectivity index (χ1v) is 9.27. The fourth-order valence-electron chi connectivity index (χ4n) is 2.07. The second kappa shape index (κ2) is 9.64. The lowest BCUT2D eigenvalue weighted by molar-refractivity contribution is -0.142. The van der Waals surface area contributed by atoms with Crippen molar-refractivity contribution in [2.75, 3.05) is 18.9 Å². The van der Waals surface area contributed by atoms with Crippen molar-refractivity contribution >= 4 is 16.0 Å². The van der Waals surface area contributed by atoms with Crippen molar-refractivity contribution in [3.8, 4) is 0 Å². The minimum Gasteiger partial charge on any atom is -0.481 e. The maximum absolute atomic E-state index is 11.9. The lowest BCUT2D eigenvalue weighted by atomic mass is 9.98. The highest BCUT2D eigenvalue weighted by Crippen LogP contribution is 2.11. The molecule has 6 nitrogen and oxygen atoms in total. The lowest BCUT2D eigenvalue weighted by Gasteiger charge is -2.15. The summed E-state index contributed by atoms with van der Waals surface area (Å²) in [5, 5.41) is 9.10. The molecule has 0 saturated heterocycles. The molecule has 23 heavy (non-hydrogen) atoms. The molecule has 0 aliphatic carbocycles. The van der Waals surface area contributed by atoms with Crippen LogP contribution in [0.2, 0.25) is 0 Å². The summed E-state index contributed by atoms with van der Waals surface area (Å²) >= 11 is 0. The molecule has 0 aromatic heterocycles. The summed E-state index contributed by atoms with van der Waals surface area (Å²) < 4.78 is 31.4. The van der Waals surface area contributed by atoms with Crippen molar-refractivity contribution in [1.29, 1.82) is 0 Å². The average molecular weight is 343 g/mol. The molecular formula is C16H25NO5S.